The van der Waals surface area contributed by atoms with Gasteiger partial charge in [-0.05, 0) is 66.6 Å². The molecule has 0 spiro atoms. The standard InChI is InChI=1S/C25H24FN5O2S/c26-21-10-5-15(19-3-1-2-4-20(19)21)14-28-16-6-8-17(9-7-16)29-24-27-12-11-18(30-24)13-22-23(32)31-25(33)34-22/h1-5,10-13,16-17,28H,6-9,14H2,(H,27,29,30)(H,31,32,33). The van der Waals surface area contributed by atoms with Gasteiger partial charge in [0, 0.05) is 30.2 Å². The van der Waals surface area contributed by atoms with Crippen LogP contribution in [0.1, 0.15) is 36.9 Å². The molecule has 0 radical (unpaired) electrons. The zero-order chi connectivity index (χ0) is 23.5. The van der Waals surface area contributed by atoms with Gasteiger partial charge < -0.3 is 10.6 Å². The smallest absolute Gasteiger partial charge is 0.290 e. The van der Waals surface area contributed by atoms with Crippen LogP contribution in [0.4, 0.5) is 15.1 Å². The Morgan fingerprint density at radius 2 is 1.79 bits per heavy atom. The molecule has 0 atom stereocenters. The molecule has 3 aromatic rings. The Morgan fingerprint density at radius 1 is 1.03 bits per heavy atom. The molecule has 7 nitrogen and oxygen atoms in total. The lowest BCUT2D eigenvalue weighted by molar-refractivity contribution is -0.115. The number of anilines is 1. The lowest BCUT2D eigenvalue weighted by Crippen LogP contribution is -2.37. The highest BCUT2D eigenvalue weighted by molar-refractivity contribution is 8.18. The molecule has 0 bridgehead atoms. The minimum Gasteiger partial charge on any atom is -0.351 e. The van der Waals surface area contributed by atoms with E-state index in [2.05, 4.69) is 25.9 Å². The van der Waals surface area contributed by atoms with Gasteiger partial charge >= 0.3 is 0 Å². The number of rotatable bonds is 6. The van der Waals surface area contributed by atoms with Crippen LogP contribution in [0.5, 0.6) is 0 Å². The third-order valence-corrected chi connectivity index (χ3v) is 7.01. The van der Waals surface area contributed by atoms with Gasteiger partial charge in [-0.2, -0.15) is 0 Å². The maximum Gasteiger partial charge on any atom is 0.290 e. The van der Waals surface area contributed by atoms with E-state index in [9.17, 15) is 14.0 Å². The summed E-state index contributed by atoms with van der Waals surface area (Å²) in [6, 6.07) is 13.4. The molecule has 1 aliphatic carbocycles. The summed E-state index contributed by atoms with van der Waals surface area (Å²) in [5.74, 6) is -0.0759. The van der Waals surface area contributed by atoms with E-state index in [0.717, 1.165) is 48.4 Å². The van der Waals surface area contributed by atoms with E-state index in [4.69, 9.17) is 0 Å². The molecule has 0 unspecified atom stereocenters. The highest BCUT2D eigenvalue weighted by Crippen LogP contribution is 2.26. The van der Waals surface area contributed by atoms with Crippen molar-refractivity contribution in [2.75, 3.05) is 5.32 Å². The summed E-state index contributed by atoms with van der Waals surface area (Å²) in [5.41, 5.74) is 1.68. The van der Waals surface area contributed by atoms with Crippen molar-refractivity contribution < 1.29 is 14.0 Å². The number of hydrogen-bond acceptors (Lipinski definition) is 7. The highest BCUT2D eigenvalue weighted by Gasteiger charge is 2.25. The van der Waals surface area contributed by atoms with Gasteiger partial charge in [-0.15, -0.1) is 0 Å². The Bertz CT molecular complexity index is 1270. The summed E-state index contributed by atoms with van der Waals surface area (Å²) in [5, 5.41) is 10.5. The van der Waals surface area contributed by atoms with Crippen LogP contribution in [0.15, 0.2) is 53.6 Å². The molecular formula is C25H24FN5O2S. The second-order valence-corrected chi connectivity index (χ2v) is 9.50. The molecule has 1 aromatic heterocycles. The van der Waals surface area contributed by atoms with E-state index in [0.29, 0.717) is 34.5 Å². The van der Waals surface area contributed by atoms with Crippen LogP contribution in [0.2, 0.25) is 0 Å². The first kappa shape index (κ1) is 22.5. The average molecular weight is 478 g/mol. The van der Waals surface area contributed by atoms with E-state index < -0.39 is 5.91 Å². The van der Waals surface area contributed by atoms with Gasteiger partial charge in [-0.3, -0.25) is 14.9 Å². The van der Waals surface area contributed by atoms with Crippen molar-refractivity contribution in [3.05, 3.63) is 70.6 Å². The minimum atomic E-state index is -0.400. The predicted molar refractivity (Wildman–Crippen MR) is 132 cm³/mol. The SMILES string of the molecule is O=C1NC(=O)C(=Cc2ccnc(NC3CCC(NCc4ccc(F)c5ccccc45)CC3)n2)S1. The summed E-state index contributed by atoms with van der Waals surface area (Å²) >= 11 is 0.870. The molecule has 2 amide bonds. The van der Waals surface area contributed by atoms with Crippen LogP contribution in [0.3, 0.4) is 0 Å². The molecule has 2 fully saturated rings. The number of benzene rings is 2. The van der Waals surface area contributed by atoms with Gasteiger partial charge in [0.15, 0.2) is 0 Å². The zero-order valence-electron chi connectivity index (χ0n) is 18.4. The van der Waals surface area contributed by atoms with Crippen molar-refractivity contribution in [2.45, 2.75) is 44.3 Å². The van der Waals surface area contributed by atoms with E-state index in [1.165, 1.54) is 0 Å². The van der Waals surface area contributed by atoms with Gasteiger partial charge in [0.25, 0.3) is 11.1 Å². The Balaban J connectivity index is 1.15. The number of thioether (sulfide) groups is 1. The number of hydrogen-bond donors (Lipinski definition) is 3. The monoisotopic (exact) mass is 477 g/mol. The second kappa shape index (κ2) is 9.90. The number of fused-ring (bicyclic) bond motifs is 1. The van der Waals surface area contributed by atoms with Crippen LogP contribution < -0.4 is 16.0 Å². The van der Waals surface area contributed by atoms with Gasteiger partial charge in [0.2, 0.25) is 5.95 Å². The summed E-state index contributed by atoms with van der Waals surface area (Å²) in [6.07, 6.45) is 7.21. The van der Waals surface area contributed by atoms with Crippen molar-refractivity contribution in [1.82, 2.24) is 20.6 Å². The maximum atomic E-state index is 14.1. The topological polar surface area (TPSA) is 96.0 Å². The number of halogens is 1. The van der Waals surface area contributed by atoms with Crippen LogP contribution in [-0.4, -0.2) is 33.2 Å². The molecule has 1 saturated heterocycles. The lowest BCUT2D eigenvalue weighted by Gasteiger charge is -2.30. The number of carbonyl (C=O) groups excluding carboxylic acids is 2. The Hall–Kier alpha value is -3.30. The van der Waals surface area contributed by atoms with Crippen molar-refractivity contribution in [3.63, 3.8) is 0 Å². The lowest BCUT2D eigenvalue weighted by atomic mass is 9.91. The average Bonchev–Trinajstić information content (AvgIpc) is 3.16. The largest absolute Gasteiger partial charge is 0.351 e. The van der Waals surface area contributed by atoms with Gasteiger partial charge in [0.1, 0.15) is 5.82 Å². The second-order valence-electron chi connectivity index (χ2n) is 8.48. The van der Waals surface area contributed by atoms with Crippen LogP contribution in [0, 0.1) is 5.82 Å². The fourth-order valence-electron chi connectivity index (χ4n) is 4.44. The first-order valence-electron chi connectivity index (χ1n) is 11.3. The third kappa shape index (κ3) is 5.10. The van der Waals surface area contributed by atoms with Crippen LogP contribution in [-0.2, 0) is 11.3 Å². The predicted octanol–water partition coefficient (Wildman–Crippen LogP) is 4.61. The number of imide groups is 1. The van der Waals surface area contributed by atoms with E-state index >= 15 is 0 Å². The highest BCUT2D eigenvalue weighted by atomic mass is 32.2. The van der Waals surface area contributed by atoms with Gasteiger partial charge in [-0.1, -0.05) is 30.3 Å². The van der Waals surface area contributed by atoms with Gasteiger partial charge in [0.05, 0.1) is 10.6 Å². The normalized spacial score (nSPS) is 21.7. The molecule has 2 aromatic carbocycles. The molecule has 2 heterocycles. The molecule has 9 heteroatoms. The Labute approximate surface area is 200 Å². The molecule has 1 saturated carbocycles. The molecule has 34 heavy (non-hydrogen) atoms. The number of aromatic nitrogens is 2. The van der Waals surface area contributed by atoms with E-state index in [-0.39, 0.29) is 17.1 Å². The van der Waals surface area contributed by atoms with Crippen molar-refractivity contribution in [2.24, 2.45) is 0 Å². The van der Waals surface area contributed by atoms with Crippen molar-refractivity contribution in [1.29, 1.82) is 0 Å². The number of carbonyl (C=O) groups is 2. The Kier molecular flexibility index (Phi) is 6.55. The molecule has 174 valence electrons. The van der Waals surface area contributed by atoms with E-state index in [1.807, 2.05) is 30.3 Å². The fraction of sp³-hybridized carbons (Fsp3) is 0.280. The molecular weight excluding hydrogens is 453 g/mol. The summed E-state index contributed by atoms with van der Waals surface area (Å²) in [4.78, 5) is 32.2. The van der Waals surface area contributed by atoms with Crippen LogP contribution in [0.25, 0.3) is 16.8 Å². The van der Waals surface area contributed by atoms with E-state index in [1.54, 1.807) is 24.4 Å². The Morgan fingerprint density at radius 3 is 2.56 bits per heavy atom. The molecule has 1 aliphatic heterocycles. The third-order valence-electron chi connectivity index (χ3n) is 6.20. The molecule has 5 rings (SSSR count). The van der Waals surface area contributed by atoms with Crippen molar-refractivity contribution in [3.8, 4) is 0 Å². The van der Waals surface area contributed by atoms with Crippen molar-refractivity contribution >= 4 is 45.7 Å². The number of amides is 2. The van der Waals surface area contributed by atoms with Crippen LogP contribution >= 0.6 is 11.8 Å². The molecule has 2 aliphatic rings. The quantitative estimate of drug-likeness (QED) is 0.446. The summed E-state index contributed by atoms with van der Waals surface area (Å²) in [6.45, 7) is 0.706. The number of nitrogens with zero attached hydrogens (tertiary/aromatic N) is 2. The zero-order valence-corrected chi connectivity index (χ0v) is 19.2. The number of nitrogens with one attached hydrogen (secondary N) is 3. The first-order chi connectivity index (χ1) is 16.5. The summed E-state index contributed by atoms with van der Waals surface area (Å²) in [7, 11) is 0. The first-order valence-corrected chi connectivity index (χ1v) is 12.1. The minimum absolute atomic E-state index is 0.188. The fourth-order valence-corrected chi connectivity index (χ4v) is 5.10. The van der Waals surface area contributed by atoms with Gasteiger partial charge in [-0.25, -0.2) is 14.4 Å². The summed E-state index contributed by atoms with van der Waals surface area (Å²) < 4.78 is 14.1. The maximum absolute atomic E-state index is 14.1. The molecule has 3 N–H and O–H groups in total.